The van der Waals surface area contributed by atoms with Crippen LogP contribution in [-0.4, -0.2) is 19.2 Å². The number of hydrogen-bond acceptors (Lipinski definition) is 4. The minimum absolute atomic E-state index is 0.0480. The second kappa shape index (κ2) is 5.69. The van der Waals surface area contributed by atoms with Gasteiger partial charge >= 0.3 is 0 Å². The van der Waals surface area contributed by atoms with Gasteiger partial charge in [0.05, 0.1) is 5.56 Å². The molecule has 0 unspecified atom stereocenters. The van der Waals surface area contributed by atoms with Crippen molar-refractivity contribution in [2.45, 2.75) is 18.0 Å². The largest absolute Gasteiger partial charge is 0.330 e. The maximum Gasteiger partial charge on any atom is 0.262 e. The summed E-state index contributed by atoms with van der Waals surface area (Å²) in [6, 6.07) is 13.9. The van der Waals surface area contributed by atoms with E-state index in [1.165, 1.54) is 12.1 Å². The molecule has 5 nitrogen and oxygen atoms in total. The summed E-state index contributed by atoms with van der Waals surface area (Å²) in [5.41, 5.74) is 1.83. The zero-order valence-electron chi connectivity index (χ0n) is 11.9. The van der Waals surface area contributed by atoms with Gasteiger partial charge in [-0.15, -0.1) is 0 Å². The smallest absolute Gasteiger partial charge is 0.262 e. The SMILES string of the molecule is N#Cc1cc2c(cc1S(=O)(=O)Cl)C(=O)N(Cc1ccccc1)C2. The monoisotopic (exact) mass is 346 g/mol. The Kier molecular flexibility index (Phi) is 3.84. The maximum atomic E-state index is 12.5. The zero-order valence-corrected chi connectivity index (χ0v) is 13.4. The molecule has 23 heavy (non-hydrogen) atoms. The molecule has 2 aromatic carbocycles. The quantitative estimate of drug-likeness (QED) is 0.800. The van der Waals surface area contributed by atoms with E-state index in [2.05, 4.69) is 0 Å². The van der Waals surface area contributed by atoms with E-state index in [1.54, 1.807) is 4.90 Å². The van der Waals surface area contributed by atoms with Gasteiger partial charge in [0.2, 0.25) is 0 Å². The predicted octanol–water partition coefficient (Wildman–Crippen LogP) is 2.64. The molecular weight excluding hydrogens is 336 g/mol. The van der Waals surface area contributed by atoms with Crippen molar-refractivity contribution in [3.05, 3.63) is 64.7 Å². The molecule has 0 saturated carbocycles. The fraction of sp³-hybridized carbons (Fsp3) is 0.125. The number of hydrogen-bond donors (Lipinski definition) is 0. The van der Waals surface area contributed by atoms with Crippen LogP contribution in [-0.2, 0) is 22.1 Å². The summed E-state index contributed by atoms with van der Waals surface area (Å²) in [7, 11) is 1.27. The van der Waals surface area contributed by atoms with Crippen molar-refractivity contribution in [2.75, 3.05) is 0 Å². The molecule has 1 aliphatic rings. The third kappa shape index (κ3) is 2.93. The van der Waals surface area contributed by atoms with Crippen molar-refractivity contribution in [1.29, 1.82) is 5.26 Å². The van der Waals surface area contributed by atoms with Crippen LogP contribution >= 0.6 is 10.7 Å². The normalized spacial score (nSPS) is 13.7. The Morgan fingerprint density at radius 2 is 1.91 bits per heavy atom. The molecule has 3 rings (SSSR count). The van der Waals surface area contributed by atoms with Crippen molar-refractivity contribution in [3.8, 4) is 6.07 Å². The van der Waals surface area contributed by atoms with Crippen LogP contribution in [0.25, 0.3) is 0 Å². The third-order valence-corrected chi connectivity index (χ3v) is 5.05. The lowest BCUT2D eigenvalue weighted by molar-refractivity contribution is 0.0766. The molecule has 0 N–H and O–H groups in total. The molecule has 116 valence electrons. The molecule has 1 amide bonds. The van der Waals surface area contributed by atoms with Crippen LogP contribution in [0.1, 0.15) is 27.0 Å². The summed E-state index contributed by atoms with van der Waals surface area (Å²) in [5.74, 6) is -0.269. The first kappa shape index (κ1) is 15.5. The number of nitriles is 1. The topological polar surface area (TPSA) is 78.2 Å². The van der Waals surface area contributed by atoms with E-state index in [1.807, 2.05) is 36.4 Å². The first-order valence-corrected chi connectivity index (χ1v) is 9.06. The van der Waals surface area contributed by atoms with Gasteiger partial charge < -0.3 is 4.90 Å². The number of carbonyl (C=O) groups is 1. The van der Waals surface area contributed by atoms with Gasteiger partial charge in [0, 0.05) is 29.3 Å². The second-order valence-corrected chi connectivity index (χ2v) is 7.74. The lowest BCUT2D eigenvalue weighted by atomic mass is 10.1. The average Bonchev–Trinajstić information content (AvgIpc) is 2.82. The molecule has 0 fully saturated rings. The van der Waals surface area contributed by atoms with E-state index in [-0.39, 0.29) is 21.9 Å². The molecule has 0 saturated heterocycles. The Hall–Kier alpha value is -2.36. The Morgan fingerprint density at radius 1 is 1.22 bits per heavy atom. The fourth-order valence-corrected chi connectivity index (χ4v) is 3.63. The molecule has 0 radical (unpaired) electrons. The molecule has 2 aromatic rings. The molecule has 0 bridgehead atoms. The zero-order chi connectivity index (χ0) is 16.6. The van der Waals surface area contributed by atoms with Crippen LogP contribution < -0.4 is 0 Å². The maximum absolute atomic E-state index is 12.5. The van der Waals surface area contributed by atoms with E-state index in [0.29, 0.717) is 18.7 Å². The third-order valence-electron chi connectivity index (χ3n) is 3.68. The highest BCUT2D eigenvalue weighted by molar-refractivity contribution is 8.13. The van der Waals surface area contributed by atoms with Gasteiger partial charge in [-0.2, -0.15) is 5.26 Å². The number of benzene rings is 2. The predicted molar refractivity (Wildman–Crippen MR) is 84.2 cm³/mol. The molecule has 0 atom stereocenters. The number of carbonyl (C=O) groups excluding carboxylic acids is 1. The van der Waals surface area contributed by atoms with Gasteiger partial charge in [0.15, 0.2) is 0 Å². The standard InChI is InChI=1S/C16H11ClN2O3S/c17-23(21,22)15-7-14-13(6-12(15)8-18)10-19(16(14)20)9-11-4-2-1-3-5-11/h1-7H,9-10H2. The number of halogens is 1. The Balaban J connectivity index is 1.99. The van der Waals surface area contributed by atoms with Crippen LogP contribution in [0, 0.1) is 11.3 Å². The lowest BCUT2D eigenvalue weighted by Crippen LogP contribution is -2.23. The van der Waals surface area contributed by atoms with Crippen molar-refractivity contribution in [2.24, 2.45) is 0 Å². The van der Waals surface area contributed by atoms with Gasteiger partial charge in [0.25, 0.3) is 15.0 Å². The first-order chi connectivity index (χ1) is 10.9. The van der Waals surface area contributed by atoms with E-state index >= 15 is 0 Å². The summed E-state index contributed by atoms with van der Waals surface area (Å²) >= 11 is 0. The van der Waals surface area contributed by atoms with E-state index in [4.69, 9.17) is 15.9 Å². The molecule has 7 heteroatoms. The lowest BCUT2D eigenvalue weighted by Gasteiger charge is -2.15. The van der Waals surface area contributed by atoms with Crippen LogP contribution in [0.3, 0.4) is 0 Å². The molecule has 1 aliphatic heterocycles. The van der Waals surface area contributed by atoms with Crippen LogP contribution in [0.4, 0.5) is 0 Å². The number of fused-ring (bicyclic) bond motifs is 1. The van der Waals surface area contributed by atoms with Crippen LogP contribution in [0.2, 0.25) is 0 Å². The van der Waals surface area contributed by atoms with Crippen LogP contribution in [0.5, 0.6) is 0 Å². The highest BCUT2D eigenvalue weighted by atomic mass is 35.7. The summed E-state index contributed by atoms with van der Waals surface area (Å²) in [6.45, 7) is 0.750. The Bertz CT molecular complexity index is 934. The molecule has 0 spiro atoms. The molecular formula is C16H11ClN2O3S. The van der Waals surface area contributed by atoms with Gasteiger partial charge in [-0.25, -0.2) is 8.42 Å². The Labute approximate surface area is 138 Å². The van der Waals surface area contributed by atoms with E-state index in [9.17, 15) is 13.2 Å². The number of rotatable bonds is 3. The summed E-state index contributed by atoms with van der Waals surface area (Å²) < 4.78 is 23.2. The fourth-order valence-electron chi connectivity index (χ4n) is 2.62. The molecule has 0 aliphatic carbocycles. The molecule has 0 aromatic heterocycles. The van der Waals surface area contributed by atoms with Gasteiger partial charge in [0.1, 0.15) is 11.0 Å². The minimum Gasteiger partial charge on any atom is -0.330 e. The summed E-state index contributed by atoms with van der Waals surface area (Å²) in [4.78, 5) is 13.8. The second-order valence-electron chi connectivity index (χ2n) is 5.20. The van der Waals surface area contributed by atoms with Crippen molar-refractivity contribution in [3.63, 3.8) is 0 Å². The van der Waals surface area contributed by atoms with Crippen LogP contribution in [0.15, 0.2) is 47.4 Å². The highest BCUT2D eigenvalue weighted by Crippen LogP contribution is 2.30. The van der Waals surface area contributed by atoms with Crippen molar-refractivity contribution in [1.82, 2.24) is 4.90 Å². The van der Waals surface area contributed by atoms with Gasteiger partial charge in [-0.3, -0.25) is 4.79 Å². The number of amides is 1. The van der Waals surface area contributed by atoms with E-state index in [0.717, 1.165) is 5.56 Å². The van der Waals surface area contributed by atoms with Crippen molar-refractivity contribution < 1.29 is 13.2 Å². The number of nitrogens with zero attached hydrogens (tertiary/aromatic N) is 2. The van der Waals surface area contributed by atoms with E-state index < -0.39 is 9.05 Å². The summed E-state index contributed by atoms with van der Waals surface area (Å²) in [5, 5.41) is 9.11. The minimum atomic E-state index is -4.09. The van der Waals surface area contributed by atoms with Gasteiger partial charge in [-0.1, -0.05) is 30.3 Å². The average molecular weight is 347 g/mol. The first-order valence-electron chi connectivity index (χ1n) is 6.75. The van der Waals surface area contributed by atoms with Gasteiger partial charge in [-0.05, 0) is 23.3 Å². The highest BCUT2D eigenvalue weighted by Gasteiger charge is 2.30. The summed E-state index contributed by atoms with van der Waals surface area (Å²) in [6.07, 6.45) is 0. The Morgan fingerprint density at radius 3 is 2.52 bits per heavy atom. The molecule has 1 heterocycles. The van der Waals surface area contributed by atoms with Crippen molar-refractivity contribution >= 4 is 25.6 Å².